The summed E-state index contributed by atoms with van der Waals surface area (Å²) in [6, 6.07) is 9.03. The van der Waals surface area contributed by atoms with E-state index in [9.17, 15) is 9.90 Å². The van der Waals surface area contributed by atoms with Crippen molar-refractivity contribution in [2.45, 2.75) is 25.8 Å². The molecule has 4 rings (SSSR count). The highest BCUT2D eigenvalue weighted by atomic mass is 35.5. The second-order valence-corrected chi connectivity index (χ2v) is 7.81. The summed E-state index contributed by atoms with van der Waals surface area (Å²) in [5.74, 6) is 1.27. The van der Waals surface area contributed by atoms with Gasteiger partial charge in [0.25, 0.3) is 0 Å². The highest BCUT2D eigenvalue weighted by Crippen LogP contribution is 2.50. The Kier molecular flexibility index (Phi) is 4.67. The van der Waals surface area contributed by atoms with E-state index in [2.05, 4.69) is 43.1 Å². The lowest BCUT2D eigenvalue weighted by Crippen LogP contribution is -2.39. The summed E-state index contributed by atoms with van der Waals surface area (Å²) < 4.78 is 0. The summed E-state index contributed by atoms with van der Waals surface area (Å²) in [5, 5.41) is 9.54. The largest absolute Gasteiger partial charge is 0.395 e. The quantitative estimate of drug-likeness (QED) is 0.909. The van der Waals surface area contributed by atoms with Gasteiger partial charge in [-0.2, -0.15) is 0 Å². The van der Waals surface area contributed by atoms with Crippen molar-refractivity contribution in [3.63, 3.8) is 0 Å². The van der Waals surface area contributed by atoms with Gasteiger partial charge >= 0.3 is 0 Å². The molecule has 2 heterocycles. The van der Waals surface area contributed by atoms with Gasteiger partial charge in [0.05, 0.1) is 12.0 Å². The molecule has 1 amide bonds. The Labute approximate surface area is 150 Å². The van der Waals surface area contributed by atoms with Crippen molar-refractivity contribution in [2.24, 2.45) is 17.3 Å². The summed E-state index contributed by atoms with van der Waals surface area (Å²) >= 11 is 0. The lowest BCUT2D eigenvalue weighted by molar-refractivity contribution is -0.137. The number of nitrogens with zero attached hydrogens (tertiary/aromatic N) is 2. The molecule has 132 valence electrons. The minimum atomic E-state index is -0.428. The predicted molar refractivity (Wildman–Crippen MR) is 96.1 cm³/mol. The maximum Gasteiger partial charge on any atom is 0.231 e. The van der Waals surface area contributed by atoms with Crippen LogP contribution in [0.2, 0.25) is 0 Å². The number of aliphatic hydroxyl groups is 1. The third-order valence-electron chi connectivity index (χ3n) is 6.30. The van der Waals surface area contributed by atoms with E-state index in [1.54, 1.807) is 0 Å². The molecule has 1 aromatic carbocycles. The minimum Gasteiger partial charge on any atom is -0.395 e. The first-order chi connectivity index (χ1) is 11.1. The van der Waals surface area contributed by atoms with Crippen LogP contribution >= 0.6 is 12.4 Å². The fourth-order valence-electron chi connectivity index (χ4n) is 4.74. The summed E-state index contributed by atoms with van der Waals surface area (Å²) in [5.41, 5.74) is 2.31. The van der Waals surface area contributed by atoms with E-state index in [-0.39, 0.29) is 24.9 Å². The highest BCUT2D eigenvalue weighted by Gasteiger charge is 2.55. The van der Waals surface area contributed by atoms with Gasteiger partial charge in [0.1, 0.15) is 0 Å². The maximum absolute atomic E-state index is 12.7. The summed E-state index contributed by atoms with van der Waals surface area (Å²) in [6.07, 6.45) is 1.71. The Morgan fingerprint density at radius 1 is 1.25 bits per heavy atom. The van der Waals surface area contributed by atoms with E-state index >= 15 is 0 Å². The van der Waals surface area contributed by atoms with Gasteiger partial charge in [-0.3, -0.25) is 9.69 Å². The highest BCUT2D eigenvalue weighted by molar-refractivity contribution is 5.86. The molecule has 2 saturated heterocycles. The average Bonchev–Trinajstić information content (AvgIpc) is 3.16. The lowest BCUT2D eigenvalue weighted by Gasteiger charge is -2.29. The van der Waals surface area contributed by atoms with Crippen LogP contribution in [0, 0.1) is 24.2 Å². The fourth-order valence-corrected chi connectivity index (χ4v) is 4.74. The van der Waals surface area contributed by atoms with Crippen LogP contribution in [0.15, 0.2) is 24.3 Å². The van der Waals surface area contributed by atoms with Crippen LogP contribution in [-0.4, -0.2) is 54.1 Å². The molecule has 3 aliphatic rings. The number of halogens is 1. The number of amides is 1. The van der Waals surface area contributed by atoms with Crippen LogP contribution in [0.5, 0.6) is 0 Å². The van der Waals surface area contributed by atoms with Crippen LogP contribution in [0.1, 0.15) is 30.0 Å². The van der Waals surface area contributed by atoms with E-state index < -0.39 is 5.41 Å². The Hall–Kier alpha value is -1.10. The molecule has 4 nitrogen and oxygen atoms in total. The number of hydrogen-bond donors (Lipinski definition) is 1. The molecular formula is C19H27ClN2O2. The third kappa shape index (κ3) is 2.65. The summed E-state index contributed by atoms with van der Waals surface area (Å²) in [6.45, 7) is 4.95. The van der Waals surface area contributed by atoms with Crippen molar-refractivity contribution in [3.8, 4) is 0 Å². The van der Waals surface area contributed by atoms with Crippen LogP contribution in [0.25, 0.3) is 0 Å². The fraction of sp³-hybridized carbons (Fsp3) is 0.632. The average molecular weight is 351 g/mol. The van der Waals surface area contributed by atoms with Crippen molar-refractivity contribution in [1.82, 2.24) is 9.80 Å². The van der Waals surface area contributed by atoms with Gasteiger partial charge in [0.15, 0.2) is 0 Å². The second kappa shape index (κ2) is 6.32. The number of rotatable bonds is 3. The number of carbonyl (C=O) groups excluding carboxylic acids is 1. The molecule has 0 aromatic heterocycles. The predicted octanol–water partition coefficient (Wildman–Crippen LogP) is 2.25. The lowest BCUT2D eigenvalue weighted by atomic mass is 9.88. The zero-order valence-electron chi connectivity index (χ0n) is 14.4. The van der Waals surface area contributed by atoms with Gasteiger partial charge in [-0.05, 0) is 43.9 Å². The molecule has 24 heavy (non-hydrogen) atoms. The second-order valence-electron chi connectivity index (χ2n) is 7.81. The van der Waals surface area contributed by atoms with Crippen LogP contribution in [-0.2, 0) is 4.79 Å². The monoisotopic (exact) mass is 350 g/mol. The number of likely N-dealkylation sites (tertiary alicyclic amines) is 2. The minimum absolute atomic E-state index is 0. The van der Waals surface area contributed by atoms with Gasteiger partial charge in [-0.1, -0.05) is 24.3 Å². The standard InChI is InChI=1S/C19H26N2O2.ClH/c1-13-5-3-4-6-15(13)17-16-11-21(10-14(16)9-20(17)2)18(23)19(12-22)7-8-19;/h3-6,14,16-17,22H,7-12H2,1-2H3;1H/t14-,16+,17-;/m0./s1. The third-order valence-corrected chi connectivity index (χ3v) is 6.30. The van der Waals surface area contributed by atoms with Gasteiger partial charge in [-0.25, -0.2) is 0 Å². The summed E-state index contributed by atoms with van der Waals surface area (Å²) in [7, 11) is 2.21. The number of aliphatic hydroxyl groups excluding tert-OH is 1. The van der Waals surface area contributed by atoms with Crippen molar-refractivity contribution >= 4 is 18.3 Å². The van der Waals surface area contributed by atoms with Crippen LogP contribution < -0.4 is 0 Å². The molecule has 2 aliphatic heterocycles. The van der Waals surface area contributed by atoms with Crippen molar-refractivity contribution in [2.75, 3.05) is 33.3 Å². The molecule has 5 heteroatoms. The first kappa shape index (κ1) is 17.7. The van der Waals surface area contributed by atoms with Crippen molar-refractivity contribution < 1.29 is 9.90 Å². The van der Waals surface area contributed by atoms with Gasteiger partial charge in [0, 0.05) is 31.6 Å². The van der Waals surface area contributed by atoms with Crippen LogP contribution in [0.4, 0.5) is 0 Å². The molecular weight excluding hydrogens is 324 g/mol. The molecule has 0 unspecified atom stereocenters. The van der Waals surface area contributed by atoms with E-state index in [4.69, 9.17) is 0 Å². The van der Waals surface area contributed by atoms with Crippen molar-refractivity contribution in [1.29, 1.82) is 0 Å². The van der Waals surface area contributed by atoms with Crippen LogP contribution in [0.3, 0.4) is 0 Å². The molecule has 1 aliphatic carbocycles. The molecule has 1 saturated carbocycles. The first-order valence-corrected chi connectivity index (χ1v) is 8.72. The van der Waals surface area contributed by atoms with E-state index in [1.807, 2.05) is 4.90 Å². The number of carbonyl (C=O) groups is 1. The Bertz CT molecular complexity index is 632. The molecule has 3 atom stereocenters. The maximum atomic E-state index is 12.7. The number of benzene rings is 1. The molecule has 1 aromatic rings. The molecule has 1 N–H and O–H groups in total. The van der Waals surface area contributed by atoms with E-state index in [0.29, 0.717) is 17.9 Å². The number of fused-ring (bicyclic) bond motifs is 1. The van der Waals surface area contributed by atoms with Gasteiger partial charge in [-0.15, -0.1) is 12.4 Å². The first-order valence-electron chi connectivity index (χ1n) is 8.72. The van der Waals surface area contributed by atoms with Gasteiger partial charge < -0.3 is 10.0 Å². The smallest absolute Gasteiger partial charge is 0.231 e. The molecule has 3 fully saturated rings. The van der Waals surface area contributed by atoms with E-state index in [0.717, 1.165) is 32.5 Å². The molecule has 0 spiro atoms. The molecule has 0 radical (unpaired) electrons. The molecule has 0 bridgehead atoms. The zero-order valence-corrected chi connectivity index (χ0v) is 15.3. The Morgan fingerprint density at radius 3 is 2.58 bits per heavy atom. The Balaban J connectivity index is 0.00000169. The SMILES string of the molecule is Cc1ccccc1[C@H]1[C@@H]2CN(C(=O)C3(CO)CC3)C[C@@H]2CN1C.Cl. The number of aryl methyl sites for hydroxylation is 1. The van der Waals surface area contributed by atoms with Gasteiger partial charge in [0.2, 0.25) is 5.91 Å². The van der Waals surface area contributed by atoms with E-state index in [1.165, 1.54) is 11.1 Å². The summed E-state index contributed by atoms with van der Waals surface area (Å²) in [4.78, 5) is 17.2. The zero-order chi connectivity index (χ0) is 16.2. The van der Waals surface area contributed by atoms with Crippen molar-refractivity contribution in [3.05, 3.63) is 35.4 Å². The Morgan fingerprint density at radius 2 is 1.96 bits per heavy atom. The topological polar surface area (TPSA) is 43.8 Å². The normalized spacial score (nSPS) is 30.8. The number of hydrogen-bond acceptors (Lipinski definition) is 3.